The number of rotatable bonds is 6. The number of hydrogen-bond donors (Lipinski definition) is 1. The van der Waals surface area contributed by atoms with Gasteiger partial charge in [-0.25, -0.2) is 4.39 Å². The number of ether oxygens (including phenoxy) is 1. The van der Waals surface area contributed by atoms with Crippen molar-refractivity contribution in [3.63, 3.8) is 0 Å². The fourth-order valence-corrected chi connectivity index (χ4v) is 4.16. The molecule has 0 aromatic heterocycles. The topological polar surface area (TPSA) is 82.2 Å². The van der Waals surface area contributed by atoms with Gasteiger partial charge in [0.1, 0.15) is 5.82 Å². The summed E-state index contributed by atoms with van der Waals surface area (Å²) < 4.78 is 19.4. The summed E-state index contributed by atoms with van der Waals surface area (Å²) in [6.45, 7) is 3.00. The molecule has 2 heterocycles. The smallest absolute Gasteiger partial charge is 0.243 e. The van der Waals surface area contributed by atoms with E-state index in [0.29, 0.717) is 18.9 Å². The lowest BCUT2D eigenvalue weighted by Crippen LogP contribution is -2.39. The molecule has 0 radical (unpaired) electrons. The summed E-state index contributed by atoms with van der Waals surface area (Å²) in [5.41, 5.74) is 1.87. The predicted octanol–water partition coefficient (Wildman–Crippen LogP) is 2.11. The molecule has 2 aromatic rings. The quantitative estimate of drug-likeness (QED) is 0.723. The van der Waals surface area contributed by atoms with Crippen LogP contribution in [0.15, 0.2) is 48.5 Å². The molecule has 1 unspecified atom stereocenters. The third-order valence-corrected chi connectivity index (χ3v) is 5.90. The minimum absolute atomic E-state index is 0.0118. The predicted molar refractivity (Wildman–Crippen MR) is 123 cm³/mol. The molecule has 1 N–H and O–H groups in total. The zero-order valence-electron chi connectivity index (χ0n) is 18.5. The second-order valence-electron chi connectivity index (χ2n) is 8.25. The number of nitrogens with one attached hydrogen (secondary N) is 1. The number of anilines is 3. The SMILES string of the molecule is CN(CC(=O)Nc1ccc(N2CCOCC2)cc1)C(=O)C1CC(=O)N(c2ccccc2F)C1. The Bertz CT molecular complexity index is 1020. The summed E-state index contributed by atoms with van der Waals surface area (Å²) in [5.74, 6) is -2.09. The first-order valence-corrected chi connectivity index (χ1v) is 10.9. The van der Waals surface area contributed by atoms with Crippen LogP contribution in [-0.4, -0.2) is 69.1 Å². The van der Waals surface area contributed by atoms with Gasteiger partial charge in [0, 0.05) is 44.5 Å². The van der Waals surface area contributed by atoms with E-state index in [9.17, 15) is 18.8 Å². The Kier molecular flexibility index (Phi) is 6.88. The zero-order chi connectivity index (χ0) is 23.4. The van der Waals surface area contributed by atoms with Gasteiger partial charge in [0.2, 0.25) is 17.7 Å². The highest BCUT2D eigenvalue weighted by Crippen LogP contribution is 2.28. The highest BCUT2D eigenvalue weighted by molar-refractivity contribution is 6.01. The maximum Gasteiger partial charge on any atom is 0.243 e. The zero-order valence-corrected chi connectivity index (χ0v) is 18.5. The Morgan fingerprint density at radius 2 is 1.82 bits per heavy atom. The summed E-state index contributed by atoms with van der Waals surface area (Å²) in [5, 5.41) is 2.80. The van der Waals surface area contributed by atoms with E-state index in [1.807, 2.05) is 24.3 Å². The molecule has 1 atom stereocenters. The Labute approximate surface area is 191 Å². The van der Waals surface area contributed by atoms with Gasteiger partial charge in [-0.15, -0.1) is 0 Å². The van der Waals surface area contributed by atoms with Crippen LogP contribution in [0, 0.1) is 11.7 Å². The molecule has 9 heteroatoms. The van der Waals surface area contributed by atoms with Crippen LogP contribution in [0.3, 0.4) is 0 Å². The number of hydrogen-bond acceptors (Lipinski definition) is 5. The average molecular weight is 455 g/mol. The van der Waals surface area contributed by atoms with Crippen LogP contribution in [-0.2, 0) is 19.1 Å². The van der Waals surface area contributed by atoms with E-state index in [0.717, 1.165) is 18.8 Å². The lowest BCUT2D eigenvalue weighted by atomic mass is 10.1. The van der Waals surface area contributed by atoms with Crippen molar-refractivity contribution in [1.82, 2.24) is 4.90 Å². The van der Waals surface area contributed by atoms with Crippen LogP contribution >= 0.6 is 0 Å². The number of benzene rings is 2. The van der Waals surface area contributed by atoms with Crippen LogP contribution in [0.1, 0.15) is 6.42 Å². The van der Waals surface area contributed by atoms with Crippen molar-refractivity contribution in [1.29, 1.82) is 0 Å². The number of halogens is 1. The molecular weight excluding hydrogens is 427 g/mol. The van der Waals surface area contributed by atoms with E-state index in [1.54, 1.807) is 12.1 Å². The van der Waals surface area contributed by atoms with Gasteiger partial charge in [0.25, 0.3) is 0 Å². The third kappa shape index (κ3) is 5.31. The fourth-order valence-electron chi connectivity index (χ4n) is 4.16. The molecule has 2 saturated heterocycles. The summed E-state index contributed by atoms with van der Waals surface area (Å²) in [7, 11) is 1.53. The van der Waals surface area contributed by atoms with Crippen molar-refractivity contribution in [2.75, 3.05) is 61.6 Å². The van der Waals surface area contributed by atoms with Crippen molar-refractivity contribution < 1.29 is 23.5 Å². The Morgan fingerprint density at radius 1 is 1.12 bits per heavy atom. The molecule has 2 aliphatic heterocycles. The van der Waals surface area contributed by atoms with Gasteiger partial charge in [-0.2, -0.15) is 0 Å². The van der Waals surface area contributed by atoms with Gasteiger partial charge in [-0.1, -0.05) is 12.1 Å². The summed E-state index contributed by atoms with van der Waals surface area (Å²) >= 11 is 0. The van der Waals surface area contributed by atoms with Crippen molar-refractivity contribution in [3.05, 3.63) is 54.3 Å². The highest BCUT2D eigenvalue weighted by atomic mass is 19.1. The summed E-state index contributed by atoms with van der Waals surface area (Å²) in [4.78, 5) is 42.5. The first-order chi connectivity index (χ1) is 15.9. The molecule has 33 heavy (non-hydrogen) atoms. The number of carbonyl (C=O) groups excluding carboxylic acids is 3. The fraction of sp³-hybridized carbons (Fsp3) is 0.375. The molecule has 0 bridgehead atoms. The van der Waals surface area contributed by atoms with E-state index in [4.69, 9.17) is 4.74 Å². The maximum atomic E-state index is 14.1. The van der Waals surface area contributed by atoms with E-state index in [1.165, 1.54) is 29.0 Å². The number of morpholine rings is 1. The lowest BCUT2D eigenvalue weighted by molar-refractivity contribution is -0.137. The molecule has 2 aliphatic rings. The lowest BCUT2D eigenvalue weighted by Gasteiger charge is -2.29. The normalized spacial score (nSPS) is 18.4. The van der Waals surface area contributed by atoms with Crippen molar-refractivity contribution in [3.8, 4) is 0 Å². The maximum absolute atomic E-state index is 14.1. The van der Waals surface area contributed by atoms with Crippen LogP contribution in [0.25, 0.3) is 0 Å². The van der Waals surface area contributed by atoms with Gasteiger partial charge in [-0.3, -0.25) is 14.4 Å². The molecule has 2 aromatic carbocycles. The van der Waals surface area contributed by atoms with Crippen molar-refractivity contribution in [2.24, 2.45) is 5.92 Å². The van der Waals surface area contributed by atoms with Crippen LogP contribution in [0.2, 0.25) is 0 Å². The van der Waals surface area contributed by atoms with E-state index < -0.39 is 11.7 Å². The molecular formula is C24H27FN4O4. The molecule has 2 fully saturated rings. The number of carbonyl (C=O) groups is 3. The molecule has 0 saturated carbocycles. The van der Waals surface area contributed by atoms with Crippen molar-refractivity contribution >= 4 is 34.8 Å². The Hall–Kier alpha value is -3.46. The van der Waals surface area contributed by atoms with Gasteiger partial charge in [0.05, 0.1) is 31.4 Å². The van der Waals surface area contributed by atoms with Gasteiger partial charge >= 0.3 is 0 Å². The van der Waals surface area contributed by atoms with Gasteiger partial charge < -0.3 is 24.8 Å². The number of nitrogens with zero attached hydrogens (tertiary/aromatic N) is 3. The third-order valence-electron chi connectivity index (χ3n) is 5.90. The van der Waals surface area contributed by atoms with E-state index >= 15 is 0 Å². The molecule has 0 aliphatic carbocycles. The Morgan fingerprint density at radius 3 is 2.52 bits per heavy atom. The minimum Gasteiger partial charge on any atom is -0.378 e. The van der Waals surface area contributed by atoms with E-state index in [2.05, 4.69) is 10.2 Å². The molecule has 4 rings (SSSR count). The van der Waals surface area contributed by atoms with Crippen LogP contribution in [0.4, 0.5) is 21.5 Å². The largest absolute Gasteiger partial charge is 0.378 e. The minimum atomic E-state index is -0.622. The van der Waals surface area contributed by atoms with Crippen molar-refractivity contribution in [2.45, 2.75) is 6.42 Å². The van der Waals surface area contributed by atoms with Crippen LogP contribution < -0.4 is 15.1 Å². The average Bonchev–Trinajstić information content (AvgIpc) is 3.21. The van der Waals surface area contributed by atoms with Gasteiger partial charge in [-0.05, 0) is 36.4 Å². The number of amides is 3. The second-order valence-corrected chi connectivity index (χ2v) is 8.25. The van der Waals surface area contributed by atoms with E-state index in [-0.39, 0.29) is 42.9 Å². The first-order valence-electron chi connectivity index (χ1n) is 10.9. The Balaban J connectivity index is 1.30. The number of para-hydroxylation sites is 1. The summed E-state index contributed by atoms with van der Waals surface area (Å²) in [6.07, 6.45) is -0.0118. The highest BCUT2D eigenvalue weighted by Gasteiger charge is 2.37. The van der Waals surface area contributed by atoms with Gasteiger partial charge in [0.15, 0.2) is 0 Å². The number of likely N-dealkylation sites (N-methyl/N-ethyl adjacent to an activating group) is 1. The molecule has 8 nitrogen and oxygen atoms in total. The molecule has 3 amide bonds. The standard InChI is InChI=1S/C24H27FN4O4/c1-27(24(32)17-14-23(31)29(15-17)21-5-3-2-4-20(21)25)16-22(30)26-18-6-8-19(9-7-18)28-10-12-33-13-11-28/h2-9,17H,10-16H2,1H3,(H,26,30). The monoisotopic (exact) mass is 454 g/mol. The first kappa shape index (κ1) is 22.7. The second kappa shape index (κ2) is 9.99. The molecule has 174 valence electrons. The summed E-state index contributed by atoms with van der Waals surface area (Å²) in [6, 6.07) is 13.5. The van der Waals surface area contributed by atoms with Crippen LogP contribution in [0.5, 0.6) is 0 Å². The molecule has 0 spiro atoms.